The molecule has 1 saturated heterocycles. The first-order valence-electron chi connectivity index (χ1n) is 16.1. The minimum atomic E-state index is -0.455. The molecule has 10 heteroatoms. The number of nitrogens with one attached hydrogen (secondary N) is 1. The fourth-order valence-corrected chi connectivity index (χ4v) is 6.99. The zero-order valence-electron chi connectivity index (χ0n) is 28.5. The fraction of sp³-hybridized carbons (Fsp3) is 0.432. The van der Waals surface area contributed by atoms with Gasteiger partial charge < -0.3 is 33.6 Å². The number of amides is 1. The summed E-state index contributed by atoms with van der Waals surface area (Å²) >= 11 is 0. The molecule has 1 amide bonds. The number of anilines is 2. The van der Waals surface area contributed by atoms with Gasteiger partial charge in [-0.1, -0.05) is 30.3 Å². The summed E-state index contributed by atoms with van der Waals surface area (Å²) in [7, 11) is 4.72. The van der Waals surface area contributed by atoms with Gasteiger partial charge in [-0.25, -0.2) is 0 Å². The van der Waals surface area contributed by atoms with Crippen LogP contribution in [0, 0.1) is 6.92 Å². The van der Waals surface area contributed by atoms with Crippen LogP contribution in [0.2, 0.25) is 0 Å². The second-order valence-corrected chi connectivity index (χ2v) is 13.3. The van der Waals surface area contributed by atoms with Crippen LogP contribution in [0.15, 0.2) is 52.9 Å². The van der Waals surface area contributed by atoms with Crippen molar-refractivity contribution in [3.05, 3.63) is 87.9 Å². The lowest BCUT2D eigenvalue weighted by molar-refractivity contribution is -0.105. The molecule has 4 heterocycles. The number of carbonyl (C=O) groups excluding carboxylic acids is 1. The molecule has 0 bridgehead atoms. The molecule has 10 nitrogen and oxygen atoms in total. The highest BCUT2D eigenvalue weighted by atomic mass is 16.5. The standard InChI is InChI=1S/C37H44N4O6/c1-22-19-27-28(37(4,5)47-36(27,2)3)21-24(22)20-25-13-14-30(46-25)32(42)38-31-33(44-7)39-35(40-34(31)45-8)41-17-15-23(16-18-41)26-11-9-10-12-29(26)43-6/h9-14,19,21,23H,15-18,20H2,1-8H3,(H,38,42). The molecule has 2 aliphatic rings. The first-order chi connectivity index (χ1) is 22.4. The number of fused-ring (bicyclic) bond motifs is 1. The van der Waals surface area contributed by atoms with Gasteiger partial charge in [-0.15, -0.1) is 0 Å². The second kappa shape index (κ2) is 12.6. The Bertz CT molecular complexity index is 1760. The Kier molecular flexibility index (Phi) is 8.65. The highest BCUT2D eigenvalue weighted by Crippen LogP contribution is 2.47. The van der Waals surface area contributed by atoms with Crippen LogP contribution in [-0.4, -0.2) is 50.3 Å². The Morgan fingerprint density at radius 1 is 0.915 bits per heavy atom. The molecule has 47 heavy (non-hydrogen) atoms. The molecule has 0 saturated carbocycles. The normalized spacial score (nSPS) is 16.9. The van der Waals surface area contributed by atoms with E-state index in [0.717, 1.165) is 42.8 Å². The van der Waals surface area contributed by atoms with Crippen molar-refractivity contribution in [1.82, 2.24) is 9.97 Å². The second-order valence-electron chi connectivity index (χ2n) is 13.3. The molecule has 0 radical (unpaired) electrons. The summed E-state index contributed by atoms with van der Waals surface area (Å²) in [5.41, 5.74) is 5.37. The third-order valence-corrected chi connectivity index (χ3v) is 9.35. The van der Waals surface area contributed by atoms with Crippen LogP contribution in [0.1, 0.15) is 90.6 Å². The molecule has 0 atom stereocenters. The van der Waals surface area contributed by atoms with Crippen molar-refractivity contribution in [3.8, 4) is 17.5 Å². The minimum absolute atomic E-state index is 0.162. The number of carbonyl (C=O) groups is 1. The molecular formula is C37H44N4O6. The number of piperidine rings is 1. The predicted molar refractivity (Wildman–Crippen MR) is 180 cm³/mol. The summed E-state index contributed by atoms with van der Waals surface area (Å²) in [5, 5.41) is 2.85. The van der Waals surface area contributed by atoms with Gasteiger partial charge in [0.25, 0.3) is 5.91 Å². The number of ether oxygens (including phenoxy) is 4. The van der Waals surface area contributed by atoms with E-state index in [9.17, 15) is 4.79 Å². The third-order valence-electron chi connectivity index (χ3n) is 9.35. The first kappa shape index (κ1) is 32.4. The monoisotopic (exact) mass is 640 g/mol. The van der Waals surface area contributed by atoms with E-state index in [2.05, 4.69) is 73.0 Å². The quantitative estimate of drug-likeness (QED) is 0.204. The smallest absolute Gasteiger partial charge is 0.291 e. The Labute approximate surface area is 276 Å². The van der Waals surface area contributed by atoms with Crippen LogP contribution in [0.25, 0.3) is 0 Å². The number of aryl methyl sites for hydroxylation is 1. The number of furan rings is 1. The molecule has 1 N–H and O–H groups in total. The summed E-state index contributed by atoms with van der Waals surface area (Å²) in [6.07, 6.45) is 2.38. The molecule has 6 rings (SSSR count). The fourth-order valence-electron chi connectivity index (χ4n) is 6.99. The zero-order chi connectivity index (χ0) is 33.5. The Morgan fingerprint density at radius 3 is 2.19 bits per heavy atom. The summed E-state index contributed by atoms with van der Waals surface area (Å²) in [6, 6.07) is 16.1. The number of aromatic nitrogens is 2. The molecule has 2 aromatic carbocycles. The van der Waals surface area contributed by atoms with Crippen LogP contribution in [0.4, 0.5) is 11.6 Å². The Balaban J connectivity index is 1.16. The average Bonchev–Trinajstić information content (AvgIpc) is 3.60. The number of para-hydroxylation sites is 1. The van der Waals surface area contributed by atoms with Gasteiger partial charge in [-0.05, 0) is 99.4 Å². The highest BCUT2D eigenvalue weighted by Gasteiger charge is 2.43. The Hall–Kier alpha value is -4.57. The molecule has 248 valence electrons. The molecule has 0 spiro atoms. The maximum atomic E-state index is 13.4. The highest BCUT2D eigenvalue weighted by molar-refractivity contribution is 6.03. The van der Waals surface area contributed by atoms with E-state index in [-0.39, 0.29) is 28.8 Å². The maximum absolute atomic E-state index is 13.4. The van der Waals surface area contributed by atoms with Gasteiger partial charge in [0.15, 0.2) is 11.4 Å². The average molecular weight is 641 g/mol. The van der Waals surface area contributed by atoms with Crippen molar-refractivity contribution >= 4 is 17.5 Å². The lowest BCUT2D eigenvalue weighted by atomic mass is 9.86. The molecule has 2 aliphatic heterocycles. The van der Waals surface area contributed by atoms with Crippen LogP contribution in [0.5, 0.6) is 17.5 Å². The van der Waals surface area contributed by atoms with Crippen LogP contribution >= 0.6 is 0 Å². The van der Waals surface area contributed by atoms with Crippen molar-refractivity contribution in [1.29, 1.82) is 0 Å². The van der Waals surface area contributed by atoms with E-state index in [0.29, 0.717) is 24.0 Å². The van der Waals surface area contributed by atoms with Crippen molar-refractivity contribution < 1.29 is 28.2 Å². The third kappa shape index (κ3) is 6.26. The minimum Gasteiger partial charge on any atom is -0.496 e. The van der Waals surface area contributed by atoms with Crippen molar-refractivity contribution in [2.24, 2.45) is 0 Å². The molecule has 0 unspecified atom stereocenters. The lowest BCUT2D eigenvalue weighted by Gasteiger charge is -2.33. The summed E-state index contributed by atoms with van der Waals surface area (Å²) in [6.45, 7) is 12.0. The topological polar surface area (TPSA) is 108 Å². The Morgan fingerprint density at radius 2 is 1.55 bits per heavy atom. The summed E-state index contributed by atoms with van der Waals surface area (Å²) in [4.78, 5) is 24.8. The van der Waals surface area contributed by atoms with Crippen molar-refractivity contribution in [2.75, 3.05) is 44.6 Å². The zero-order valence-corrected chi connectivity index (χ0v) is 28.5. The van der Waals surface area contributed by atoms with Gasteiger partial charge in [-0.3, -0.25) is 4.79 Å². The number of benzene rings is 2. The van der Waals surface area contributed by atoms with E-state index >= 15 is 0 Å². The van der Waals surface area contributed by atoms with Crippen molar-refractivity contribution in [2.45, 2.75) is 71.0 Å². The number of nitrogens with zero attached hydrogens (tertiary/aromatic N) is 3. The molecule has 4 aromatic rings. The van der Waals surface area contributed by atoms with Gasteiger partial charge >= 0.3 is 0 Å². The van der Waals surface area contributed by atoms with E-state index in [4.69, 9.17) is 23.4 Å². The van der Waals surface area contributed by atoms with Crippen molar-refractivity contribution in [3.63, 3.8) is 0 Å². The van der Waals surface area contributed by atoms with E-state index in [1.807, 2.05) is 24.3 Å². The lowest BCUT2D eigenvalue weighted by Crippen LogP contribution is -2.34. The number of hydrogen-bond donors (Lipinski definition) is 1. The van der Waals surface area contributed by atoms with Crippen LogP contribution in [0.3, 0.4) is 0 Å². The van der Waals surface area contributed by atoms with Gasteiger partial charge in [0.2, 0.25) is 17.7 Å². The maximum Gasteiger partial charge on any atom is 0.291 e. The molecule has 2 aromatic heterocycles. The molecule has 1 fully saturated rings. The van der Waals surface area contributed by atoms with Gasteiger partial charge in [0, 0.05) is 19.5 Å². The molecular weight excluding hydrogens is 596 g/mol. The van der Waals surface area contributed by atoms with Crippen LogP contribution < -0.4 is 24.4 Å². The van der Waals surface area contributed by atoms with Gasteiger partial charge in [-0.2, -0.15) is 9.97 Å². The first-order valence-corrected chi connectivity index (χ1v) is 16.1. The number of rotatable bonds is 9. The van der Waals surface area contributed by atoms with Gasteiger partial charge in [0.1, 0.15) is 11.5 Å². The van der Waals surface area contributed by atoms with E-state index < -0.39 is 11.5 Å². The summed E-state index contributed by atoms with van der Waals surface area (Å²) in [5.74, 6) is 2.58. The molecule has 0 aliphatic carbocycles. The predicted octanol–water partition coefficient (Wildman–Crippen LogP) is 7.13. The summed E-state index contributed by atoms with van der Waals surface area (Å²) < 4.78 is 29.2. The number of hydrogen-bond acceptors (Lipinski definition) is 9. The SMILES string of the molecule is COc1ccccc1C1CCN(c2nc(OC)c(NC(=O)c3ccc(Cc4cc5c(cc4C)C(C)(C)OC5(C)C)o3)c(OC)n2)CC1. The van der Waals surface area contributed by atoms with Gasteiger partial charge in [0.05, 0.1) is 32.5 Å². The number of methoxy groups -OCH3 is 3. The van der Waals surface area contributed by atoms with E-state index in [1.54, 1.807) is 13.2 Å². The van der Waals surface area contributed by atoms with Crippen LogP contribution in [-0.2, 0) is 22.4 Å². The largest absolute Gasteiger partial charge is 0.496 e. The van der Waals surface area contributed by atoms with E-state index in [1.165, 1.54) is 30.9 Å².